The van der Waals surface area contributed by atoms with Crippen LogP contribution in [0.15, 0.2) is 29.2 Å². The first-order valence-corrected chi connectivity index (χ1v) is 14.3. The molecule has 25 heavy (non-hydrogen) atoms. The second kappa shape index (κ2) is 8.63. The molecule has 0 N–H and O–H groups in total. The molecule has 140 valence electrons. The predicted molar refractivity (Wildman–Crippen MR) is 107 cm³/mol. The number of carbonyl (C=O) groups is 1. The van der Waals surface area contributed by atoms with Crippen molar-refractivity contribution in [1.29, 1.82) is 0 Å². The van der Waals surface area contributed by atoms with Gasteiger partial charge in [-0.05, 0) is 50.8 Å². The molecule has 0 radical (unpaired) electrons. The number of hydrogen-bond acceptors (Lipinski definition) is 3. The molecule has 2 rings (SSSR count). The van der Waals surface area contributed by atoms with E-state index in [9.17, 15) is 9.00 Å². The number of carbonyl (C=O) groups excluding carboxylic acids is 1. The number of rotatable bonds is 7. The molecular weight excluding hydrogens is 348 g/mol. The zero-order valence-corrected chi connectivity index (χ0v) is 18.0. The van der Waals surface area contributed by atoms with E-state index in [0.29, 0.717) is 6.61 Å². The topological polar surface area (TPSA) is 43.4 Å². The molecule has 1 aromatic carbocycles. The highest BCUT2D eigenvalue weighted by atomic mass is 32.2. The van der Waals surface area contributed by atoms with E-state index in [4.69, 9.17) is 4.74 Å². The Balaban J connectivity index is 2.30. The third kappa shape index (κ3) is 5.51. The van der Waals surface area contributed by atoms with Gasteiger partial charge in [0.1, 0.15) is 0 Å². The van der Waals surface area contributed by atoms with E-state index in [0.717, 1.165) is 30.2 Å². The van der Waals surface area contributed by atoms with Crippen LogP contribution in [-0.4, -0.2) is 30.1 Å². The summed E-state index contributed by atoms with van der Waals surface area (Å²) in [5.41, 5.74) is 1.17. The van der Waals surface area contributed by atoms with Gasteiger partial charge in [0.15, 0.2) is 0 Å². The quantitative estimate of drug-likeness (QED) is 0.504. The fraction of sp³-hybridized carbons (Fsp3) is 0.650. The molecule has 0 saturated heterocycles. The molecule has 1 saturated carbocycles. The normalized spacial score (nSPS) is 23.2. The summed E-state index contributed by atoms with van der Waals surface area (Å²) in [7, 11) is -2.50. The Bertz CT molecular complexity index is 606. The van der Waals surface area contributed by atoms with Crippen molar-refractivity contribution in [2.75, 3.05) is 6.61 Å². The summed E-state index contributed by atoms with van der Waals surface area (Å²) in [6.45, 7) is 11.3. The number of benzene rings is 1. The summed E-state index contributed by atoms with van der Waals surface area (Å²) in [5.74, 6) is -0.00454. The second-order valence-electron chi connectivity index (χ2n) is 8.37. The minimum absolute atomic E-state index is 0.0475. The van der Waals surface area contributed by atoms with Crippen molar-refractivity contribution in [3.8, 4) is 0 Å². The Kier molecular flexibility index (Phi) is 7.03. The lowest BCUT2D eigenvalue weighted by Gasteiger charge is -2.31. The largest absolute Gasteiger partial charge is 0.466 e. The number of aryl methyl sites for hydroxylation is 1. The van der Waals surface area contributed by atoms with Crippen LogP contribution >= 0.6 is 0 Å². The monoisotopic (exact) mass is 380 g/mol. The van der Waals surface area contributed by atoms with Gasteiger partial charge in [0.05, 0.1) is 23.3 Å². The van der Waals surface area contributed by atoms with Gasteiger partial charge in [-0.3, -0.25) is 9.00 Å². The van der Waals surface area contributed by atoms with E-state index in [1.807, 2.05) is 38.1 Å². The zero-order valence-electron chi connectivity index (χ0n) is 16.2. The summed E-state index contributed by atoms with van der Waals surface area (Å²) in [6.07, 6.45) is 2.88. The molecule has 4 unspecified atom stereocenters. The van der Waals surface area contributed by atoms with E-state index in [-0.39, 0.29) is 23.1 Å². The maximum Gasteiger partial charge on any atom is 0.309 e. The van der Waals surface area contributed by atoms with Gasteiger partial charge < -0.3 is 4.74 Å². The van der Waals surface area contributed by atoms with Crippen LogP contribution in [0.25, 0.3) is 0 Å². The van der Waals surface area contributed by atoms with Crippen molar-refractivity contribution in [1.82, 2.24) is 0 Å². The van der Waals surface area contributed by atoms with Crippen molar-refractivity contribution in [3.63, 3.8) is 0 Å². The minimum atomic E-state index is -1.42. The third-order valence-corrected chi connectivity index (χ3v) is 8.74. The first kappa shape index (κ1) is 20.4. The molecule has 5 heteroatoms. The van der Waals surface area contributed by atoms with Crippen LogP contribution < -0.4 is 0 Å². The number of hydrogen-bond donors (Lipinski definition) is 0. The highest BCUT2D eigenvalue weighted by Gasteiger charge is 2.43. The van der Waals surface area contributed by atoms with Gasteiger partial charge in [-0.1, -0.05) is 43.8 Å². The fourth-order valence-electron chi connectivity index (χ4n) is 3.81. The fourth-order valence-corrected chi connectivity index (χ4v) is 8.82. The second-order valence-corrected chi connectivity index (χ2v) is 15.6. The molecule has 1 aliphatic carbocycles. The molecular formula is C20H32O3SSi. The van der Waals surface area contributed by atoms with Crippen LogP contribution in [0, 0.1) is 18.8 Å². The average molecular weight is 381 g/mol. The van der Waals surface area contributed by atoms with Crippen molar-refractivity contribution in [2.24, 2.45) is 11.8 Å². The van der Waals surface area contributed by atoms with Crippen LogP contribution in [0.2, 0.25) is 25.7 Å². The van der Waals surface area contributed by atoms with E-state index in [1.165, 1.54) is 5.56 Å². The third-order valence-electron chi connectivity index (χ3n) is 4.98. The van der Waals surface area contributed by atoms with Gasteiger partial charge in [0.25, 0.3) is 0 Å². The smallest absolute Gasteiger partial charge is 0.309 e. The van der Waals surface area contributed by atoms with Crippen LogP contribution in [0.1, 0.15) is 31.7 Å². The lowest BCUT2D eigenvalue weighted by atomic mass is 9.93. The summed E-state index contributed by atoms with van der Waals surface area (Å²) >= 11 is 0. The molecule has 0 aromatic heterocycles. The zero-order chi connectivity index (χ0) is 18.6. The van der Waals surface area contributed by atoms with E-state index in [1.54, 1.807) is 0 Å². The molecule has 0 aliphatic heterocycles. The van der Waals surface area contributed by atoms with Gasteiger partial charge in [0.2, 0.25) is 0 Å². The molecule has 0 amide bonds. The predicted octanol–water partition coefficient (Wildman–Crippen LogP) is 4.79. The Morgan fingerprint density at radius 3 is 2.44 bits per heavy atom. The summed E-state index contributed by atoms with van der Waals surface area (Å²) < 4.78 is 18.7. The Morgan fingerprint density at radius 2 is 1.88 bits per heavy atom. The lowest BCUT2D eigenvalue weighted by molar-refractivity contribution is -0.149. The Labute approximate surface area is 156 Å². The number of esters is 1. The molecule has 1 aliphatic rings. The van der Waals surface area contributed by atoms with Crippen molar-refractivity contribution in [3.05, 3.63) is 29.8 Å². The summed E-state index contributed by atoms with van der Waals surface area (Å²) in [6, 6.07) is 8.99. The Hall–Kier alpha value is -0.943. The highest BCUT2D eigenvalue weighted by molar-refractivity contribution is 7.85. The van der Waals surface area contributed by atoms with Gasteiger partial charge in [-0.15, -0.1) is 0 Å². The SMILES string of the molecule is CCOC(=O)C1CCCC1C(C[Si](C)(C)C)S(=O)c1ccc(C)cc1. The molecule has 3 nitrogen and oxygen atoms in total. The first-order chi connectivity index (χ1) is 11.7. The molecule has 0 heterocycles. The molecule has 0 spiro atoms. The molecule has 0 bridgehead atoms. The first-order valence-electron chi connectivity index (χ1n) is 9.37. The van der Waals surface area contributed by atoms with Gasteiger partial charge in [-0.2, -0.15) is 0 Å². The van der Waals surface area contributed by atoms with E-state index < -0.39 is 18.9 Å². The van der Waals surface area contributed by atoms with E-state index in [2.05, 4.69) is 19.6 Å². The maximum atomic E-state index is 13.4. The number of ether oxygens (including phenoxy) is 1. The molecule has 1 aromatic rings. The van der Waals surface area contributed by atoms with Crippen LogP contribution in [0.5, 0.6) is 0 Å². The van der Waals surface area contributed by atoms with Gasteiger partial charge in [-0.25, -0.2) is 0 Å². The maximum absolute atomic E-state index is 13.4. The van der Waals surface area contributed by atoms with Crippen molar-refractivity contribution in [2.45, 2.75) is 68.9 Å². The standard InChI is InChI=1S/C20H32O3SSi/c1-6-23-20(21)18-9-7-8-17(18)19(14-25(3,4)5)24(22)16-12-10-15(2)11-13-16/h10-13,17-19H,6-9,14H2,1-5H3. The summed E-state index contributed by atoms with van der Waals surface area (Å²) in [5, 5.41) is 0.0475. The van der Waals surface area contributed by atoms with E-state index >= 15 is 0 Å². The highest BCUT2D eigenvalue weighted by Crippen LogP contribution is 2.41. The molecule has 4 atom stereocenters. The van der Waals surface area contributed by atoms with Crippen molar-refractivity contribution >= 4 is 24.8 Å². The van der Waals surface area contributed by atoms with Crippen molar-refractivity contribution < 1.29 is 13.7 Å². The average Bonchev–Trinajstić information content (AvgIpc) is 3.01. The van der Waals surface area contributed by atoms with Crippen LogP contribution in [0.4, 0.5) is 0 Å². The molecule has 1 fully saturated rings. The van der Waals surface area contributed by atoms with Crippen LogP contribution in [-0.2, 0) is 20.3 Å². The lowest BCUT2D eigenvalue weighted by Crippen LogP contribution is -2.38. The van der Waals surface area contributed by atoms with Gasteiger partial charge >= 0.3 is 5.97 Å². The van der Waals surface area contributed by atoms with Crippen LogP contribution in [0.3, 0.4) is 0 Å². The summed E-state index contributed by atoms with van der Waals surface area (Å²) in [4.78, 5) is 13.3. The minimum Gasteiger partial charge on any atom is -0.466 e. The Morgan fingerprint density at radius 1 is 1.24 bits per heavy atom. The van der Waals surface area contributed by atoms with Gasteiger partial charge in [0, 0.05) is 18.2 Å².